The molecule has 1 heterocycles. The molecule has 1 aliphatic rings. The Morgan fingerprint density at radius 2 is 1.83 bits per heavy atom. The van der Waals surface area contributed by atoms with Crippen molar-refractivity contribution in [1.82, 2.24) is 10.3 Å². The molecule has 0 spiro atoms. The lowest BCUT2D eigenvalue weighted by Crippen LogP contribution is -2.56. The van der Waals surface area contributed by atoms with Gasteiger partial charge in [-0.25, -0.2) is 18.6 Å². The number of ether oxygens (including phenoxy) is 1. The molecule has 0 unspecified atom stereocenters. The van der Waals surface area contributed by atoms with Crippen LogP contribution in [0.2, 0.25) is 0 Å². The summed E-state index contributed by atoms with van der Waals surface area (Å²) in [6, 6.07) is 4.34. The van der Waals surface area contributed by atoms with E-state index in [-0.39, 0.29) is 22.6 Å². The van der Waals surface area contributed by atoms with E-state index in [0.717, 1.165) is 37.5 Å². The van der Waals surface area contributed by atoms with Crippen LogP contribution in [0.1, 0.15) is 49.4 Å². The van der Waals surface area contributed by atoms with Crippen LogP contribution in [0.4, 0.5) is 8.78 Å². The zero-order valence-corrected chi connectivity index (χ0v) is 16.9. The maximum absolute atomic E-state index is 13.7. The maximum Gasteiger partial charge on any atom is 0.329 e. The standard InChI is InChI=1S/C22H24F2N2O4/c1-3-13-4-6-22(7-5-13,21(28)29)26-19(27)15-10-18(20(30-2)25-12-15)14-8-16(23)11-17(24)9-14/h8-13H,3-7H2,1-2H3,(H,26,27)(H,28,29). The van der Waals surface area contributed by atoms with Gasteiger partial charge in [-0.05, 0) is 55.4 Å². The number of carbonyl (C=O) groups is 2. The SMILES string of the molecule is CCC1CCC(NC(=O)c2cnc(OC)c(-c3cc(F)cc(F)c3)c2)(C(=O)O)CC1. The fraction of sp³-hybridized carbons (Fsp3) is 0.409. The number of carbonyl (C=O) groups excluding carboxylic acids is 1. The number of aliphatic carboxylic acids is 1. The molecule has 1 fully saturated rings. The number of amides is 1. The molecular weight excluding hydrogens is 394 g/mol. The molecule has 6 nitrogen and oxygen atoms in total. The highest BCUT2D eigenvalue weighted by Gasteiger charge is 2.43. The van der Waals surface area contributed by atoms with Gasteiger partial charge < -0.3 is 15.2 Å². The van der Waals surface area contributed by atoms with Gasteiger partial charge in [-0.2, -0.15) is 0 Å². The first-order valence-electron chi connectivity index (χ1n) is 9.84. The third kappa shape index (κ3) is 4.42. The third-order valence-corrected chi connectivity index (χ3v) is 5.78. The van der Waals surface area contributed by atoms with Crippen LogP contribution in [-0.2, 0) is 4.79 Å². The number of methoxy groups -OCH3 is 1. The van der Waals surface area contributed by atoms with E-state index in [9.17, 15) is 23.5 Å². The Morgan fingerprint density at radius 1 is 1.20 bits per heavy atom. The number of benzene rings is 1. The summed E-state index contributed by atoms with van der Waals surface area (Å²) in [6.45, 7) is 2.07. The molecule has 2 N–H and O–H groups in total. The molecule has 0 radical (unpaired) electrons. The lowest BCUT2D eigenvalue weighted by atomic mass is 9.75. The van der Waals surface area contributed by atoms with Gasteiger partial charge in [0.1, 0.15) is 17.2 Å². The van der Waals surface area contributed by atoms with Crippen molar-refractivity contribution in [2.75, 3.05) is 7.11 Å². The van der Waals surface area contributed by atoms with Crippen molar-refractivity contribution in [2.45, 2.75) is 44.6 Å². The van der Waals surface area contributed by atoms with Gasteiger partial charge in [0.25, 0.3) is 5.91 Å². The average Bonchev–Trinajstić information content (AvgIpc) is 2.72. The minimum Gasteiger partial charge on any atom is -0.481 e. The molecule has 1 amide bonds. The zero-order chi connectivity index (χ0) is 21.9. The number of rotatable bonds is 6. The second-order valence-corrected chi connectivity index (χ2v) is 7.63. The maximum atomic E-state index is 13.7. The summed E-state index contributed by atoms with van der Waals surface area (Å²) in [7, 11) is 1.35. The number of carboxylic acid groups (broad SMARTS) is 1. The highest BCUT2D eigenvalue weighted by molar-refractivity contribution is 5.98. The first-order chi connectivity index (χ1) is 14.3. The number of aromatic nitrogens is 1. The summed E-state index contributed by atoms with van der Waals surface area (Å²) in [6.07, 6.45) is 4.35. The topological polar surface area (TPSA) is 88.5 Å². The number of carboxylic acids is 1. The fourth-order valence-electron chi connectivity index (χ4n) is 3.92. The molecule has 0 atom stereocenters. The number of nitrogens with zero attached hydrogens (tertiary/aromatic N) is 1. The number of pyridine rings is 1. The van der Waals surface area contributed by atoms with Gasteiger partial charge in [-0.15, -0.1) is 0 Å². The molecule has 1 aromatic carbocycles. The van der Waals surface area contributed by atoms with Crippen LogP contribution in [0.25, 0.3) is 11.1 Å². The predicted molar refractivity (Wildman–Crippen MR) is 106 cm³/mol. The monoisotopic (exact) mass is 418 g/mol. The molecule has 1 aromatic heterocycles. The average molecular weight is 418 g/mol. The van der Waals surface area contributed by atoms with Crippen LogP contribution in [0.5, 0.6) is 5.88 Å². The summed E-state index contributed by atoms with van der Waals surface area (Å²) in [5, 5.41) is 12.4. The van der Waals surface area contributed by atoms with E-state index < -0.39 is 29.0 Å². The Kier molecular flexibility index (Phi) is 6.34. The fourth-order valence-corrected chi connectivity index (χ4v) is 3.92. The van der Waals surface area contributed by atoms with Gasteiger partial charge in [-0.3, -0.25) is 4.79 Å². The van der Waals surface area contributed by atoms with Gasteiger partial charge in [0, 0.05) is 17.8 Å². The largest absolute Gasteiger partial charge is 0.481 e. The molecule has 1 saturated carbocycles. The molecule has 160 valence electrons. The Balaban J connectivity index is 1.92. The molecule has 2 aromatic rings. The zero-order valence-electron chi connectivity index (χ0n) is 16.9. The minimum atomic E-state index is -1.34. The molecule has 0 saturated heterocycles. The quantitative estimate of drug-likeness (QED) is 0.734. The second kappa shape index (κ2) is 8.77. The van der Waals surface area contributed by atoms with Crippen LogP contribution >= 0.6 is 0 Å². The number of hydrogen-bond donors (Lipinski definition) is 2. The lowest BCUT2D eigenvalue weighted by Gasteiger charge is -2.37. The predicted octanol–water partition coefficient (Wildman–Crippen LogP) is 4.19. The summed E-state index contributed by atoms with van der Waals surface area (Å²) in [5.74, 6) is -2.70. The van der Waals surface area contributed by atoms with Gasteiger partial charge in [0.2, 0.25) is 5.88 Å². The summed E-state index contributed by atoms with van der Waals surface area (Å²) in [5.41, 5.74) is -0.882. The Bertz CT molecular complexity index is 936. The van der Waals surface area contributed by atoms with E-state index in [0.29, 0.717) is 18.8 Å². The lowest BCUT2D eigenvalue weighted by molar-refractivity contribution is -0.146. The van der Waals surface area contributed by atoms with Crippen molar-refractivity contribution in [3.63, 3.8) is 0 Å². The van der Waals surface area contributed by atoms with Crippen molar-refractivity contribution >= 4 is 11.9 Å². The molecule has 1 aliphatic carbocycles. The van der Waals surface area contributed by atoms with E-state index in [1.165, 1.54) is 19.4 Å². The number of halogens is 2. The van der Waals surface area contributed by atoms with Crippen molar-refractivity contribution in [3.8, 4) is 17.0 Å². The van der Waals surface area contributed by atoms with E-state index >= 15 is 0 Å². The highest BCUT2D eigenvalue weighted by atomic mass is 19.1. The summed E-state index contributed by atoms with van der Waals surface area (Å²) in [4.78, 5) is 28.9. The van der Waals surface area contributed by atoms with Crippen molar-refractivity contribution in [2.24, 2.45) is 5.92 Å². The van der Waals surface area contributed by atoms with Gasteiger partial charge in [0.15, 0.2) is 0 Å². The van der Waals surface area contributed by atoms with Crippen molar-refractivity contribution in [1.29, 1.82) is 0 Å². The third-order valence-electron chi connectivity index (χ3n) is 5.78. The Morgan fingerprint density at radius 3 is 2.37 bits per heavy atom. The first kappa shape index (κ1) is 21.7. The van der Waals surface area contributed by atoms with E-state index in [1.54, 1.807) is 0 Å². The second-order valence-electron chi connectivity index (χ2n) is 7.63. The highest BCUT2D eigenvalue weighted by Crippen LogP contribution is 2.35. The normalized spacial score (nSPS) is 21.1. The first-order valence-corrected chi connectivity index (χ1v) is 9.84. The van der Waals surface area contributed by atoms with Crippen LogP contribution in [0.3, 0.4) is 0 Å². The van der Waals surface area contributed by atoms with Crippen LogP contribution < -0.4 is 10.1 Å². The molecule has 0 aliphatic heterocycles. The van der Waals surface area contributed by atoms with E-state index in [2.05, 4.69) is 17.2 Å². The number of hydrogen-bond acceptors (Lipinski definition) is 4. The van der Waals surface area contributed by atoms with E-state index in [1.807, 2.05) is 0 Å². The van der Waals surface area contributed by atoms with Crippen LogP contribution in [-0.4, -0.2) is 34.6 Å². The minimum absolute atomic E-state index is 0.0775. The molecular formula is C22H24F2N2O4. The van der Waals surface area contributed by atoms with Gasteiger partial charge >= 0.3 is 5.97 Å². The molecule has 8 heteroatoms. The van der Waals surface area contributed by atoms with Gasteiger partial charge in [0.05, 0.1) is 12.7 Å². The van der Waals surface area contributed by atoms with Gasteiger partial charge in [-0.1, -0.05) is 13.3 Å². The molecule has 0 bridgehead atoms. The Labute approximate surface area is 173 Å². The smallest absolute Gasteiger partial charge is 0.329 e. The molecule has 3 rings (SSSR count). The van der Waals surface area contributed by atoms with Crippen LogP contribution in [0, 0.1) is 17.6 Å². The Hall–Kier alpha value is -3.03. The summed E-state index contributed by atoms with van der Waals surface area (Å²) < 4.78 is 32.5. The number of nitrogens with one attached hydrogen (secondary N) is 1. The van der Waals surface area contributed by atoms with Crippen LogP contribution in [0.15, 0.2) is 30.5 Å². The van der Waals surface area contributed by atoms with Crippen molar-refractivity contribution in [3.05, 3.63) is 47.7 Å². The van der Waals surface area contributed by atoms with Crippen molar-refractivity contribution < 1.29 is 28.2 Å². The summed E-state index contributed by atoms with van der Waals surface area (Å²) >= 11 is 0. The van der Waals surface area contributed by atoms with E-state index in [4.69, 9.17) is 4.74 Å². The molecule has 30 heavy (non-hydrogen) atoms.